The van der Waals surface area contributed by atoms with Crippen molar-refractivity contribution in [1.82, 2.24) is 10.2 Å². The largest absolute Gasteiger partial charge is 0.388 e. The van der Waals surface area contributed by atoms with Gasteiger partial charge in [0.05, 0.1) is 25.3 Å². The lowest BCUT2D eigenvalue weighted by atomic mass is 10.2. The molecule has 1 fully saturated rings. The Hall–Kier alpha value is -1.01. The summed E-state index contributed by atoms with van der Waals surface area (Å²) in [4.78, 5) is 13.7. The number of carbonyl (C=O) groups excluding carboxylic acids is 1. The summed E-state index contributed by atoms with van der Waals surface area (Å²) in [6.45, 7) is 4.74. The maximum atomic E-state index is 12.2. The third kappa shape index (κ3) is 4.49. The lowest BCUT2D eigenvalue weighted by Gasteiger charge is -2.18. The minimum absolute atomic E-state index is 0.00975. The van der Waals surface area contributed by atoms with Gasteiger partial charge in [0, 0.05) is 16.6 Å². The first-order chi connectivity index (χ1) is 10.4. The smallest absolute Gasteiger partial charge is 0.317 e. The predicted molar refractivity (Wildman–Crippen MR) is 86.3 cm³/mol. The Kier molecular flexibility index (Phi) is 5.92. The fourth-order valence-electron chi connectivity index (χ4n) is 2.35. The van der Waals surface area contributed by atoms with Gasteiger partial charge in [0.2, 0.25) is 0 Å². The summed E-state index contributed by atoms with van der Waals surface area (Å²) in [5.74, 6) is 0. The minimum Gasteiger partial charge on any atom is -0.388 e. The molecule has 1 aliphatic rings. The molecule has 1 aromatic rings. The number of aliphatic hydroxyl groups is 1. The van der Waals surface area contributed by atoms with Crippen molar-refractivity contribution in [3.8, 4) is 0 Å². The number of hydrogen-bond acceptors (Lipinski definition) is 3. The van der Waals surface area contributed by atoms with Gasteiger partial charge in [0.25, 0.3) is 0 Å². The number of hydrogen-bond donors (Lipinski definition) is 2. The zero-order valence-electron chi connectivity index (χ0n) is 12.6. The quantitative estimate of drug-likeness (QED) is 0.880. The van der Waals surface area contributed by atoms with Gasteiger partial charge in [-0.25, -0.2) is 4.79 Å². The molecule has 1 saturated heterocycles. The standard InChI is InChI=1S/C15H20Cl2N2O3/c1-9(2)22-14-8-19(7-13(14)20)15(21)18-6-10-3-4-11(16)5-12(10)17/h3-5,9,13-14,20H,6-8H2,1-2H3,(H,18,21)/t13-,14-/m0/s1. The molecule has 0 bridgehead atoms. The van der Waals surface area contributed by atoms with Crippen LogP contribution >= 0.6 is 23.2 Å². The van der Waals surface area contributed by atoms with Crippen molar-refractivity contribution in [2.75, 3.05) is 13.1 Å². The van der Waals surface area contributed by atoms with Crippen LogP contribution < -0.4 is 5.32 Å². The molecule has 122 valence electrons. The van der Waals surface area contributed by atoms with Crippen LogP contribution in [-0.4, -0.2) is 47.4 Å². The number of urea groups is 1. The van der Waals surface area contributed by atoms with Gasteiger partial charge < -0.3 is 20.1 Å². The highest BCUT2D eigenvalue weighted by atomic mass is 35.5. The van der Waals surface area contributed by atoms with Crippen LogP contribution in [0, 0.1) is 0 Å². The van der Waals surface area contributed by atoms with Crippen molar-refractivity contribution < 1.29 is 14.6 Å². The zero-order valence-corrected chi connectivity index (χ0v) is 14.1. The topological polar surface area (TPSA) is 61.8 Å². The van der Waals surface area contributed by atoms with Crippen LogP contribution in [0.15, 0.2) is 18.2 Å². The van der Waals surface area contributed by atoms with Gasteiger partial charge in [-0.15, -0.1) is 0 Å². The fraction of sp³-hybridized carbons (Fsp3) is 0.533. The van der Waals surface area contributed by atoms with Crippen LogP contribution in [0.2, 0.25) is 10.0 Å². The molecule has 5 nitrogen and oxygen atoms in total. The zero-order chi connectivity index (χ0) is 16.3. The maximum Gasteiger partial charge on any atom is 0.317 e. The molecule has 2 amide bonds. The van der Waals surface area contributed by atoms with Crippen LogP contribution in [0.5, 0.6) is 0 Å². The highest BCUT2D eigenvalue weighted by Crippen LogP contribution is 2.21. The molecule has 1 aliphatic heterocycles. The van der Waals surface area contributed by atoms with E-state index in [9.17, 15) is 9.90 Å². The van der Waals surface area contributed by atoms with Crippen LogP contribution in [0.3, 0.4) is 0 Å². The number of ether oxygens (including phenoxy) is 1. The Morgan fingerprint density at radius 1 is 1.45 bits per heavy atom. The third-order valence-corrected chi connectivity index (χ3v) is 4.00. The molecular formula is C15H20Cl2N2O3. The first kappa shape index (κ1) is 17.3. The van der Waals surface area contributed by atoms with Crippen LogP contribution in [0.25, 0.3) is 0 Å². The van der Waals surface area contributed by atoms with Crippen molar-refractivity contribution >= 4 is 29.2 Å². The SMILES string of the molecule is CC(C)O[C@H]1CN(C(=O)NCc2ccc(Cl)cc2Cl)C[C@@H]1O. The summed E-state index contributed by atoms with van der Waals surface area (Å²) in [5, 5.41) is 13.8. The van der Waals surface area contributed by atoms with E-state index in [-0.39, 0.29) is 24.8 Å². The Morgan fingerprint density at radius 2 is 2.18 bits per heavy atom. The van der Waals surface area contributed by atoms with E-state index < -0.39 is 6.10 Å². The van der Waals surface area contributed by atoms with E-state index in [1.165, 1.54) is 0 Å². The number of likely N-dealkylation sites (tertiary alicyclic amines) is 1. The number of halogens is 2. The molecule has 0 spiro atoms. The van der Waals surface area contributed by atoms with Crippen molar-refractivity contribution in [1.29, 1.82) is 0 Å². The molecule has 0 radical (unpaired) electrons. The number of nitrogens with zero attached hydrogens (tertiary/aromatic N) is 1. The van der Waals surface area contributed by atoms with E-state index >= 15 is 0 Å². The van der Waals surface area contributed by atoms with Gasteiger partial charge in [0.15, 0.2) is 0 Å². The van der Waals surface area contributed by atoms with Crippen molar-refractivity contribution in [3.05, 3.63) is 33.8 Å². The van der Waals surface area contributed by atoms with Gasteiger partial charge in [0.1, 0.15) is 6.10 Å². The van der Waals surface area contributed by atoms with E-state index in [0.717, 1.165) is 5.56 Å². The Morgan fingerprint density at radius 3 is 2.82 bits per heavy atom. The third-order valence-electron chi connectivity index (χ3n) is 3.42. The molecule has 7 heteroatoms. The van der Waals surface area contributed by atoms with E-state index in [1.807, 2.05) is 13.8 Å². The Labute approximate surface area is 140 Å². The number of nitrogens with one attached hydrogen (secondary N) is 1. The fourth-order valence-corrected chi connectivity index (χ4v) is 2.83. The van der Waals surface area contributed by atoms with Gasteiger partial charge in [-0.1, -0.05) is 29.3 Å². The molecule has 22 heavy (non-hydrogen) atoms. The molecule has 0 saturated carbocycles. The summed E-state index contributed by atoms with van der Waals surface area (Å²) < 4.78 is 5.59. The van der Waals surface area contributed by atoms with Gasteiger partial charge >= 0.3 is 6.03 Å². The molecule has 0 unspecified atom stereocenters. The summed E-state index contributed by atoms with van der Waals surface area (Å²) in [6, 6.07) is 4.88. The highest BCUT2D eigenvalue weighted by molar-refractivity contribution is 6.35. The first-order valence-electron chi connectivity index (χ1n) is 7.17. The molecule has 1 heterocycles. The second-order valence-corrected chi connectivity index (χ2v) is 6.43. The van der Waals surface area contributed by atoms with Crippen LogP contribution in [0.4, 0.5) is 4.79 Å². The number of rotatable bonds is 4. The Bertz CT molecular complexity index is 540. The molecule has 0 aromatic heterocycles. The lowest BCUT2D eigenvalue weighted by molar-refractivity contribution is -0.0393. The molecule has 2 rings (SSSR count). The van der Waals surface area contributed by atoms with Crippen LogP contribution in [-0.2, 0) is 11.3 Å². The number of β-amino-alcohol motifs (C(OH)–C–C–N with tert-alkyl or cyclic N) is 1. The second-order valence-electron chi connectivity index (χ2n) is 5.59. The Balaban J connectivity index is 1.88. The summed E-state index contributed by atoms with van der Waals surface area (Å²) >= 11 is 11.9. The molecule has 2 atom stereocenters. The van der Waals surface area contributed by atoms with Gasteiger partial charge in [-0.3, -0.25) is 0 Å². The summed E-state index contributed by atoms with van der Waals surface area (Å²) in [7, 11) is 0. The van der Waals surface area contributed by atoms with Crippen LogP contribution in [0.1, 0.15) is 19.4 Å². The first-order valence-corrected chi connectivity index (χ1v) is 7.92. The molecular weight excluding hydrogens is 327 g/mol. The van der Waals surface area contributed by atoms with E-state index in [1.54, 1.807) is 23.1 Å². The minimum atomic E-state index is -0.660. The van der Waals surface area contributed by atoms with E-state index in [2.05, 4.69) is 5.32 Å². The average Bonchev–Trinajstić information content (AvgIpc) is 2.78. The van der Waals surface area contributed by atoms with Crippen molar-refractivity contribution in [3.63, 3.8) is 0 Å². The number of benzene rings is 1. The number of aliphatic hydroxyl groups excluding tert-OH is 1. The summed E-state index contributed by atoms with van der Waals surface area (Å²) in [6.07, 6.45) is -0.993. The van der Waals surface area contributed by atoms with Gasteiger partial charge in [-0.2, -0.15) is 0 Å². The molecule has 2 N–H and O–H groups in total. The predicted octanol–water partition coefficient (Wildman–Crippen LogP) is 2.67. The number of carbonyl (C=O) groups is 1. The van der Waals surface area contributed by atoms with E-state index in [0.29, 0.717) is 23.1 Å². The van der Waals surface area contributed by atoms with Gasteiger partial charge in [-0.05, 0) is 31.5 Å². The van der Waals surface area contributed by atoms with Crippen molar-refractivity contribution in [2.24, 2.45) is 0 Å². The summed E-state index contributed by atoms with van der Waals surface area (Å²) in [5.41, 5.74) is 0.786. The monoisotopic (exact) mass is 346 g/mol. The second kappa shape index (κ2) is 7.51. The van der Waals surface area contributed by atoms with Crippen molar-refractivity contribution in [2.45, 2.75) is 38.7 Å². The normalized spacial score (nSPS) is 21.5. The average molecular weight is 347 g/mol. The van der Waals surface area contributed by atoms with E-state index in [4.69, 9.17) is 27.9 Å². The number of amides is 2. The lowest BCUT2D eigenvalue weighted by Crippen LogP contribution is -2.39. The highest BCUT2D eigenvalue weighted by Gasteiger charge is 2.35. The molecule has 0 aliphatic carbocycles. The maximum absolute atomic E-state index is 12.2. The molecule has 1 aromatic carbocycles.